The number of carboxylic acid groups (broad SMARTS) is 1. The molecule has 2 rings (SSSR count). The van der Waals surface area contributed by atoms with E-state index in [1.165, 1.54) is 18.8 Å². The monoisotopic (exact) mass is 279 g/mol. The Morgan fingerprint density at radius 3 is 2.84 bits per heavy atom. The quantitative estimate of drug-likeness (QED) is 0.852. The molecule has 6 nitrogen and oxygen atoms in total. The lowest BCUT2D eigenvalue weighted by atomic mass is 10.3. The van der Waals surface area contributed by atoms with Crippen molar-refractivity contribution in [2.75, 3.05) is 19.8 Å². The first-order valence-corrected chi connectivity index (χ1v) is 6.75. The number of amides is 1. The summed E-state index contributed by atoms with van der Waals surface area (Å²) in [5, 5.41) is 9.42. The van der Waals surface area contributed by atoms with Gasteiger partial charge in [-0.15, -0.1) is 0 Å². The fourth-order valence-corrected chi connectivity index (χ4v) is 2.31. The van der Waals surface area contributed by atoms with Gasteiger partial charge in [0.15, 0.2) is 10.9 Å². The van der Waals surface area contributed by atoms with Gasteiger partial charge in [0.2, 0.25) is 0 Å². The molecule has 0 saturated heterocycles. The van der Waals surface area contributed by atoms with E-state index in [-0.39, 0.29) is 12.2 Å². The Labute approximate surface area is 114 Å². The van der Waals surface area contributed by atoms with Crippen LogP contribution in [-0.2, 0) is 4.79 Å². The molecule has 1 amide bonds. The van der Waals surface area contributed by atoms with Gasteiger partial charge in [-0.2, -0.15) is 0 Å². The van der Waals surface area contributed by atoms with E-state index in [4.69, 9.17) is 5.11 Å². The maximum Gasteiger partial charge on any atom is 0.323 e. The highest BCUT2D eigenvalue weighted by atomic mass is 32.2. The molecule has 0 aliphatic heterocycles. The normalized spacial score (nSPS) is 10.6. The second-order valence-electron chi connectivity index (χ2n) is 3.96. The average molecular weight is 279 g/mol. The number of pyridine rings is 1. The summed E-state index contributed by atoms with van der Waals surface area (Å²) in [5.74, 6) is -1.45. The Kier molecular flexibility index (Phi) is 3.75. The predicted octanol–water partition coefficient (Wildman–Crippen LogP) is 1.21. The van der Waals surface area contributed by atoms with Gasteiger partial charge < -0.3 is 10.0 Å². The fourth-order valence-electron chi connectivity index (χ4n) is 1.77. The largest absolute Gasteiger partial charge is 0.480 e. The fraction of sp³-hybridized carbons (Fsp3) is 0.250. The van der Waals surface area contributed by atoms with Gasteiger partial charge in [0, 0.05) is 13.2 Å². The van der Waals surface area contributed by atoms with Crippen LogP contribution in [0.15, 0.2) is 29.6 Å². The number of carbonyl (C=O) groups is 2. The molecular weight excluding hydrogens is 266 g/mol. The number of nitrogens with zero attached hydrogens (tertiary/aromatic N) is 3. The molecule has 0 spiro atoms. The lowest BCUT2D eigenvalue weighted by molar-refractivity contribution is -0.137. The van der Waals surface area contributed by atoms with Crippen molar-refractivity contribution in [1.82, 2.24) is 14.3 Å². The molecule has 1 N–H and O–H groups in total. The molecule has 0 atom stereocenters. The van der Waals surface area contributed by atoms with Gasteiger partial charge in [-0.05, 0) is 18.4 Å². The average Bonchev–Trinajstić information content (AvgIpc) is 2.75. The first-order chi connectivity index (χ1) is 9.04. The molecule has 7 heteroatoms. The van der Waals surface area contributed by atoms with Gasteiger partial charge >= 0.3 is 5.97 Å². The molecule has 100 valence electrons. The minimum Gasteiger partial charge on any atom is -0.480 e. The van der Waals surface area contributed by atoms with Crippen molar-refractivity contribution in [1.29, 1.82) is 0 Å². The molecule has 0 fully saturated rings. The first-order valence-electron chi connectivity index (χ1n) is 5.53. The molecule has 2 aromatic rings. The number of thioether (sulfide) groups is 1. The molecular formula is C12H13N3O3S. The van der Waals surface area contributed by atoms with Crippen LogP contribution in [0.3, 0.4) is 0 Å². The highest BCUT2D eigenvalue weighted by Gasteiger charge is 2.21. The van der Waals surface area contributed by atoms with Gasteiger partial charge in [-0.1, -0.05) is 17.8 Å². The molecule has 0 saturated carbocycles. The molecule has 0 aliphatic carbocycles. The van der Waals surface area contributed by atoms with Crippen LogP contribution in [0.1, 0.15) is 10.5 Å². The van der Waals surface area contributed by atoms with Crippen LogP contribution < -0.4 is 0 Å². The van der Waals surface area contributed by atoms with Crippen molar-refractivity contribution in [2.45, 2.75) is 5.16 Å². The van der Waals surface area contributed by atoms with Crippen molar-refractivity contribution in [2.24, 2.45) is 0 Å². The van der Waals surface area contributed by atoms with Crippen molar-refractivity contribution in [3.63, 3.8) is 0 Å². The second kappa shape index (κ2) is 5.31. The number of aromatic nitrogens is 2. The summed E-state index contributed by atoms with van der Waals surface area (Å²) >= 11 is 1.43. The zero-order valence-corrected chi connectivity index (χ0v) is 11.3. The molecule has 2 aromatic heterocycles. The summed E-state index contributed by atoms with van der Waals surface area (Å²) < 4.78 is 1.81. The van der Waals surface area contributed by atoms with Crippen molar-refractivity contribution in [3.05, 3.63) is 30.1 Å². The van der Waals surface area contributed by atoms with Crippen LogP contribution in [0.2, 0.25) is 0 Å². The number of hydrogen-bond acceptors (Lipinski definition) is 4. The van der Waals surface area contributed by atoms with Crippen LogP contribution in [0, 0.1) is 0 Å². The minimum absolute atomic E-state index is 0.272. The predicted molar refractivity (Wildman–Crippen MR) is 71.6 cm³/mol. The lowest BCUT2D eigenvalue weighted by Crippen LogP contribution is -2.32. The Balaban J connectivity index is 2.45. The highest BCUT2D eigenvalue weighted by Crippen LogP contribution is 2.20. The number of imidazole rings is 1. The van der Waals surface area contributed by atoms with Crippen LogP contribution in [0.5, 0.6) is 0 Å². The molecule has 2 heterocycles. The summed E-state index contributed by atoms with van der Waals surface area (Å²) in [5.41, 5.74) is 0.947. The molecule has 19 heavy (non-hydrogen) atoms. The van der Waals surface area contributed by atoms with E-state index in [2.05, 4.69) is 4.98 Å². The summed E-state index contributed by atoms with van der Waals surface area (Å²) in [4.78, 5) is 28.3. The van der Waals surface area contributed by atoms with Gasteiger partial charge in [-0.25, -0.2) is 4.98 Å². The van der Waals surface area contributed by atoms with E-state index in [0.717, 1.165) is 4.90 Å². The van der Waals surface area contributed by atoms with Crippen molar-refractivity contribution >= 4 is 29.2 Å². The molecule has 0 unspecified atom stereocenters. The number of aliphatic carboxylic acids is 1. The van der Waals surface area contributed by atoms with E-state index in [0.29, 0.717) is 10.7 Å². The smallest absolute Gasteiger partial charge is 0.323 e. The summed E-state index contributed by atoms with van der Waals surface area (Å²) in [7, 11) is 1.45. The standard InChI is InChI=1S/C12H13N3O3S/c1-14(7-9(16)17)11(18)10-8-5-3-4-6-15(8)12(13-10)19-2/h3-6H,7H2,1-2H3,(H,16,17). The Bertz CT molecular complexity index is 638. The molecule has 0 aliphatic rings. The zero-order chi connectivity index (χ0) is 14.0. The SMILES string of the molecule is CSc1nc(C(=O)N(C)CC(=O)O)c2ccccn12. The lowest BCUT2D eigenvalue weighted by Gasteiger charge is -2.12. The Morgan fingerprint density at radius 1 is 1.47 bits per heavy atom. The third kappa shape index (κ3) is 2.55. The maximum atomic E-state index is 12.2. The summed E-state index contributed by atoms with van der Waals surface area (Å²) in [6, 6.07) is 5.45. The summed E-state index contributed by atoms with van der Waals surface area (Å²) in [6.07, 6.45) is 3.69. The van der Waals surface area contributed by atoms with E-state index >= 15 is 0 Å². The third-order valence-corrected chi connectivity index (χ3v) is 3.27. The maximum absolute atomic E-state index is 12.2. The number of hydrogen-bond donors (Lipinski definition) is 1. The van der Waals surface area contributed by atoms with Gasteiger partial charge in [0.1, 0.15) is 6.54 Å². The number of carboxylic acids is 1. The third-order valence-electron chi connectivity index (χ3n) is 2.62. The molecule has 0 bridgehead atoms. The van der Waals surface area contributed by atoms with Crippen LogP contribution >= 0.6 is 11.8 Å². The second-order valence-corrected chi connectivity index (χ2v) is 4.73. The number of likely N-dealkylation sites (N-methyl/N-ethyl adjacent to an activating group) is 1. The van der Waals surface area contributed by atoms with Crippen LogP contribution in [0.4, 0.5) is 0 Å². The highest BCUT2D eigenvalue weighted by molar-refractivity contribution is 7.98. The summed E-state index contributed by atoms with van der Waals surface area (Å²) in [6.45, 7) is -0.348. The minimum atomic E-state index is -1.05. The Morgan fingerprint density at radius 2 is 2.21 bits per heavy atom. The number of carbonyl (C=O) groups excluding carboxylic acids is 1. The zero-order valence-electron chi connectivity index (χ0n) is 10.5. The van der Waals surface area contributed by atoms with E-state index in [9.17, 15) is 9.59 Å². The molecule has 0 aromatic carbocycles. The molecule has 0 radical (unpaired) electrons. The van der Waals surface area contributed by atoms with Crippen LogP contribution in [0.25, 0.3) is 5.52 Å². The topological polar surface area (TPSA) is 74.9 Å². The Hall–Kier alpha value is -2.02. The van der Waals surface area contributed by atoms with Crippen LogP contribution in [-0.4, -0.2) is 51.1 Å². The van der Waals surface area contributed by atoms with Gasteiger partial charge in [-0.3, -0.25) is 14.0 Å². The van der Waals surface area contributed by atoms with Crippen molar-refractivity contribution in [3.8, 4) is 0 Å². The van der Waals surface area contributed by atoms with E-state index < -0.39 is 11.9 Å². The van der Waals surface area contributed by atoms with Crippen molar-refractivity contribution < 1.29 is 14.7 Å². The first kappa shape index (κ1) is 13.4. The van der Waals surface area contributed by atoms with Gasteiger partial charge in [0.05, 0.1) is 5.52 Å². The number of fused-ring (bicyclic) bond motifs is 1. The number of rotatable bonds is 4. The van der Waals surface area contributed by atoms with E-state index in [1.54, 1.807) is 6.07 Å². The van der Waals surface area contributed by atoms with Gasteiger partial charge in [0.25, 0.3) is 5.91 Å². The van der Waals surface area contributed by atoms with E-state index in [1.807, 2.05) is 29.0 Å².